The van der Waals surface area contributed by atoms with E-state index in [1.807, 2.05) is 23.4 Å². The van der Waals surface area contributed by atoms with Gasteiger partial charge >= 0.3 is 0 Å². The molecule has 3 aromatic rings. The van der Waals surface area contributed by atoms with Gasteiger partial charge in [-0.3, -0.25) is 9.59 Å². The number of H-pyrrole nitrogens is 1. The maximum Gasteiger partial charge on any atom is 0.222 e. The topological polar surface area (TPSA) is 71.0 Å². The molecule has 1 N–H and O–H groups in total. The van der Waals surface area contributed by atoms with Gasteiger partial charge in [-0.1, -0.05) is 6.92 Å². The van der Waals surface area contributed by atoms with E-state index in [0.29, 0.717) is 30.2 Å². The predicted molar refractivity (Wildman–Crippen MR) is 105 cm³/mol. The maximum absolute atomic E-state index is 12.7. The Morgan fingerprint density at radius 2 is 2.11 bits per heavy atom. The van der Waals surface area contributed by atoms with Crippen LogP contribution in [-0.4, -0.2) is 38.4 Å². The molecule has 2 aliphatic rings. The summed E-state index contributed by atoms with van der Waals surface area (Å²) in [6, 6.07) is 3.76. The second kappa shape index (κ2) is 6.22. The Hall–Kier alpha value is -2.63. The monoisotopic (exact) mass is 364 g/mol. The summed E-state index contributed by atoms with van der Waals surface area (Å²) in [4.78, 5) is 34.7. The molecule has 1 aliphatic heterocycles. The molecule has 0 bridgehead atoms. The largest absolute Gasteiger partial charge is 0.346 e. The molecule has 27 heavy (non-hydrogen) atoms. The molecule has 6 nitrogen and oxygen atoms in total. The lowest BCUT2D eigenvalue weighted by Gasteiger charge is -2.39. The number of carbonyl (C=O) groups is 1. The Labute approximate surface area is 157 Å². The number of hydrogen-bond acceptors (Lipinski definition) is 3. The van der Waals surface area contributed by atoms with Crippen LogP contribution >= 0.6 is 0 Å². The number of pyridine rings is 2. The highest BCUT2D eigenvalue weighted by Crippen LogP contribution is 2.35. The van der Waals surface area contributed by atoms with Crippen LogP contribution in [0.1, 0.15) is 38.6 Å². The third kappa shape index (κ3) is 2.83. The van der Waals surface area contributed by atoms with E-state index < -0.39 is 0 Å². The Balaban J connectivity index is 1.58. The van der Waals surface area contributed by atoms with Crippen molar-refractivity contribution in [2.45, 2.75) is 38.6 Å². The van der Waals surface area contributed by atoms with Crippen molar-refractivity contribution in [1.29, 1.82) is 0 Å². The van der Waals surface area contributed by atoms with E-state index >= 15 is 0 Å². The van der Waals surface area contributed by atoms with Crippen LogP contribution in [0.2, 0.25) is 0 Å². The highest BCUT2D eigenvalue weighted by atomic mass is 16.2. The average molecular weight is 364 g/mol. The van der Waals surface area contributed by atoms with Gasteiger partial charge in [0.1, 0.15) is 5.65 Å². The maximum atomic E-state index is 12.7. The summed E-state index contributed by atoms with van der Waals surface area (Å²) >= 11 is 0. The Morgan fingerprint density at radius 3 is 2.93 bits per heavy atom. The van der Waals surface area contributed by atoms with Crippen LogP contribution in [0.4, 0.5) is 0 Å². The van der Waals surface area contributed by atoms with Gasteiger partial charge in [0, 0.05) is 49.6 Å². The Bertz CT molecular complexity index is 1080. The first-order valence-corrected chi connectivity index (χ1v) is 9.86. The molecule has 0 unspecified atom stereocenters. The molecule has 6 heteroatoms. The summed E-state index contributed by atoms with van der Waals surface area (Å²) in [6.45, 7) is 3.79. The molecular formula is C21H24N4O2. The molecule has 1 saturated heterocycles. The quantitative estimate of drug-likeness (QED) is 0.776. The molecule has 0 radical (unpaired) electrons. The first kappa shape index (κ1) is 16.5. The smallest absolute Gasteiger partial charge is 0.222 e. The van der Waals surface area contributed by atoms with E-state index in [4.69, 9.17) is 0 Å². The number of amides is 1. The molecule has 1 aliphatic carbocycles. The van der Waals surface area contributed by atoms with Crippen molar-refractivity contribution in [1.82, 2.24) is 19.4 Å². The first-order valence-electron chi connectivity index (χ1n) is 9.86. The lowest BCUT2D eigenvalue weighted by Crippen LogP contribution is -2.44. The van der Waals surface area contributed by atoms with Crippen molar-refractivity contribution in [3.05, 3.63) is 40.9 Å². The van der Waals surface area contributed by atoms with Gasteiger partial charge in [0.05, 0.1) is 16.9 Å². The zero-order valence-electron chi connectivity index (χ0n) is 15.5. The van der Waals surface area contributed by atoms with Crippen LogP contribution in [0, 0.1) is 11.8 Å². The zero-order chi connectivity index (χ0) is 18.5. The van der Waals surface area contributed by atoms with Crippen molar-refractivity contribution in [3.63, 3.8) is 0 Å². The van der Waals surface area contributed by atoms with Crippen molar-refractivity contribution < 1.29 is 4.79 Å². The lowest BCUT2D eigenvalue weighted by atomic mass is 9.92. The second-order valence-corrected chi connectivity index (χ2v) is 8.17. The highest BCUT2D eigenvalue weighted by molar-refractivity contribution is 6.02. The third-order valence-electron chi connectivity index (χ3n) is 6.26. The average Bonchev–Trinajstić information content (AvgIpc) is 3.34. The van der Waals surface area contributed by atoms with E-state index in [-0.39, 0.29) is 17.4 Å². The van der Waals surface area contributed by atoms with E-state index in [1.165, 1.54) is 12.8 Å². The molecule has 2 fully saturated rings. The van der Waals surface area contributed by atoms with Crippen LogP contribution in [0.5, 0.6) is 0 Å². The van der Waals surface area contributed by atoms with E-state index in [0.717, 1.165) is 29.5 Å². The summed E-state index contributed by atoms with van der Waals surface area (Å²) in [6.07, 6.45) is 9.48. The molecule has 4 heterocycles. The number of hydrogen-bond donors (Lipinski definition) is 1. The van der Waals surface area contributed by atoms with Gasteiger partial charge in [0.25, 0.3) is 0 Å². The standard InChI is InChI=1S/C21H24N4O2/c1-13-5-8-24(19(27)10-14-2-3-14)12-17(13)25-9-6-18(26)16-11-23-21-15(20(16)25)4-7-22-21/h4,6-7,9,11,13-14,17H,2-3,5,8,10,12H2,1H3,(H,22,23)/t13-,17+/m1/s1. The van der Waals surface area contributed by atoms with Crippen molar-refractivity contribution in [2.24, 2.45) is 11.8 Å². The van der Waals surface area contributed by atoms with E-state index in [9.17, 15) is 9.59 Å². The van der Waals surface area contributed by atoms with Crippen LogP contribution < -0.4 is 5.43 Å². The normalized spacial score (nSPS) is 23.2. The minimum atomic E-state index is -0.0121. The summed E-state index contributed by atoms with van der Waals surface area (Å²) in [7, 11) is 0. The number of likely N-dealkylation sites (tertiary alicyclic amines) is 1. The number of rotatable bonds is 3. The molecule has 2 atom stereocenters. The number of piperidine rings is 1. The number of carbonyl (C=O) groups excluding carboxylic acids is 1. The fraction of sp³-hybridized carbons (Fsp3) is 0.476. The van der Waals surface area contributed by atoms with E-state index in [1.54, 1.807) is 12.3 Å². The van der Waals surface area contributed by atoms with Gasteiger partial charge in [0.15, 0.2) is 5.43 Å². The zero-order valence-corrected chi connectivity index (χ0v) is 15.5. The van der Waals surface area contributed by atoms with Gasteiger partial charge in [0.2, 0.25) is 5.91 Å². The van der Waals surface area contributed by atoms with Gasteiger partial charge in [-0.15, -0.1) is 0 Å². The summed E-state index contributed by atoms with van der Waals surface area (Å²) < 4.78 is 2.20. The number of nitrogens with one attached hydrogen (secondary N) is 1. The Kier molecular flexibility index (Phi) is 3.81. The molecule has 0 aromatic carbocycles. The van der Waals surface area contributed by atoms with Crippen molar-refractivity contribution in [3.8, 4) is 0 Å². The summed E-state index contributed by atoms with van der Waals surface area (Å²) in [5, 5.41) is 1.59. The van der Waals surface area contributed by atoms with Gasteiger partial charge in [-0.25, -0.2) is 4.98 Å². The fourth-order valence-corrected chi connectivity index (χ4v) is 4.38. The summed E-state index contributed by atoms with van der Waals surface area (Å²) in [5.74, 6) is 1.32. The van der Waals surface area contributed by atoms with Crippen molar-refractivity contribution in [2.75, 3.05) is 13.1 Å². The van der Waals surface area contributed by atoms with Gasteiger partial charge in [-0.05, 0) is 37.2 Å². The van der Waals surface area contributed by atoms with E-state index in [2.05, 4.69) is 21.5 Å². The predicted octanol–water partition coefficient (Wildman–Crippen LogP) is 3.09. The Morgan fingerprint density at radius 1 is 1.26 bits per heavy atom. The molecule has 1 saturated carbocycles. The number of aromatic nitrogens is 3. The van der Waals surface area contributed by atoms with Crippen LogP contribution in [0.3, 0.4) is 0 Å². The molecule has 1 amide bonds. The van der Waals surface area contributed by atoms with Crippen LogP contribution in [-0.2, 0) is 4.79 Å². The van der Waals surface area contributed by atoms with Crippen LogP contribution in [0.15, 0.2) is 35.5 Å². The lowest BCUT2D eigenvalue weighted by molar-refractivity contribution is -0.133. The minimum absolute atomic E-state index is 0.0121. The summed E-state index contributed by atoms with van der Waals surface area (Å²) in [5.41, 5.74) is 1.69. The highest BCUT2D eigenvalue weighted by Gasteiger charge is 2.33. The van der Waals surface area contributed by atoms with Crippen molar-refractivity contribution >= 4 is 27.8 Å². The second-order valence-electron chi connectivity index (χ2n) is 8.17. The molecule has 5 rings (SSSR count). The molecular weight excluding hydrogens is 340 g/mol. The number of fused-ring (bicyclic) bond motifs is 3. The third-order valence-corrected chi connectivity index (χ3v) is 6.26. The number of aromatic amines is 1. The van der Waals surface area contributed by atoms with Gasteiger partial charge < -0.3 is 14.5 Å². The van der Waals surface area contributed by atoms with Gasteiger partial charge in [-0.2, -0.15) is 0 Å². The van der Waals surface area contributed by atoms with Crippen LogP contribution in [0.25, 0.3) is 21.9 Å². The minimum Gasteiger partial charge on any atom is -0.346 e. The molecule has 0 spiro atoms. The first-order chi connectivity index (χ1) is 13.1. The fourth-order valence-electron chi connectivity index (χ4n) is 4.38. The number of nitrogens with zero attached hydrogens (tertiary/aromatic N) is 3. The molecule has 3 aromatic heterocycles. The SMILES string of the molecule is C[C@@H]1CCN(C(=O)CC2CC2)C[C@@H]1n1ccc(=O)c2cnc3[nH]ccc3c21. The molecule has 140 valence electrons.